The maximum absolute atomic E-state index is 12.8. The number of hydrogen-bond acceptors (Lipinski definition) is 5. The Labute approximate surface area is 171 Å². The molecule has 0 aliphatic rings. The summed E-state index contributed by atoms with van der Waals surface area (Å²) < 4.78 is 34.4. The molecule has 1 N–H and O–H groups in total. The molecule has 3 rings (SSSR count). The molecule has 28 heavy (non-hydrogen) atoms. The number of sulfonamides is 1. The van der Waals surface area contributed by atoms with Crippen molar-refractivity contribution < 1.29 is 17.9 Å². The van der Waals surface area contributed by atoms with Gasteiger partial charge in [-0.15, -0.1) is 0 Å². The minimum absolute atomic E-state index is 0.0256. The Bertz CT molecular complexity index is 1110. The van der Waals surface area contributed by atoms with Crippen molar-refractivity contribution in [2.24, 2.45) is 0 Å². The van der Waals surface area contributed by atoms with Crippen LogP contribution in [0.1, 0.15) is 17.3 Å². The fraction of sp³-hybridized carbons (Fsp3) is 0.111. The summed E-state index contributed by atoms with van der Waals surface area (Å²) in [5.74, 6) is -0.757. The first-order valence-electron chi connectivity index (χ1n) is 8.11. The number of carbonyl (C=O) groups is 1. The first kappa shape index (κ1) is 20.2. The van der Waals surface area contributed by atoms with Gasteiger partial charge in [0.15, 0.2) is 5.82 Å². The highest BCUT2D eigenvalue weighted by Gasteiger charge is 2.25. The third-order valence-electron chi connectivity index (χ3n) is 3.67. The van der Waals surface area contributed by atoms with Crippen molar-refractivity contribution in [2.75, 3.05) is 11.3 Å². The van der Waals surface area contributed by atoms with Gasteiger partial charge in [-0.05, 0) is 49.4 Å². The molecule has 0 bridgehead atoms. The zero-order valence-corrected chi connectivity index (χ0v) is 16.9. The molecule has 1 heterocycles. The first-order chi connectivity index (χ1) is 13.3. The number of ether oxygens (including phenoxy) is 1. The molecule has 0 aliphatic heterocycles. The maximum Gasteiger partial charge on any atom is 0.343 e. The molecular weight excluding hydrogens is 425 g/mol. The van der Waals surface area contributed by atoms with Gasteiger partial charge in [-0.3, -0.25) is 4.72 Å². The third-order valence-corrected chi connectivity index (χ3v) is 5.50. The molecule has 0 saturated heterocycles. The van der Waals surface area contributed by atoms with Crippen LogP contribution in [0, 0.1) is 0 Å². The molecule has 3 aromatic rings. The number of halogens is 2. The number of rotatable bonds is 6. The van der Waals surface area contributed by atoms with E-state index in [9.17, 15) is 13.2 Å². The minimum Gasteiger partial charge on any atom is -0.462 e. The van der Waals surface area contributed by atoms with E-state index in [1.165, 1.54) is 29.1 Å². The van der Waals surface area contributed by atoms with Crippen molar-refractivity contribution in [1.29, 1.82) is 0 Å². The van der Waals surface area contributed by atoms with Gasteiger partial charge >= 0.3 is 5.97 Å². The van der Waals surface area contributed by atoms with E-state index in [1.54, 1.807) is 37.3 Å². The highest BCUT2D eigenvalue weighted by atomic mass is 35.5. The number of carbonyl (C=O) groups excluding carboxylic acids is 1. The lowest BCUT2D eigenvalue weighted by Gasteiger charge is -2.13. The predicted molar refractivity (Wildman–Crippen MR) is 107 cm³/mol. The fourth-order valence-corrected chi connectivity index (χ4v) is 3.89. The molecular formula is C18H15Cl2N3O4S. The number of nitrogens with zero attached hydrogens (tertiary/aromatic N) is 2. The van der Waals surface area contributed by atoms with Gasteiger partial charge in [0.2, 0.25) is 0 Å². The lowest BCUT2D eigenvalue weighted by molar-refractivity contribution is 0.0527. The van der Waals surface area contributed by atoms with E-state index in [0.29, 0.717) is 10.7 Å². The van der Waals surface area contributed by atoms with Gasteiger partial charge in [-0.25, -0.2) is 17.9 Å². The Kier molecular flexibility index (Phi) is 5.93. The van der Waals surface area contributed by atoms with Gasteiger partial charge in [0, 0.05) is 10.0 Å². The molecule has 7 nitrogen and oxygen atoms in total. The number of aromatic nitrogens is 2. The standard InChI is InChI=1S/C18H15Cl2N3O4S/c1-2-27-18(24)16-11-21-23(14-8-6-12(19)7-9-14)17(16)22-28(25,26)15-5-3-4-13(20)10-15/h3-11,22H,2H2,1H3. The highest BCUT2D eigenvalue weighted by molar-refractivity contribution is 7.92. The van der Waals surface area contributed by atoms with Crippen LogP contribution in [0.2, 0.25) is 10.0 Å². The number of hydrogen-bond donors (Lipinski definition) is 1. The van der Waals surface area contributed by atoms with Gasteiger partial charge in [0.25, 0.3) is 10.0 Å². The number of benzene rings is 2. The summed E-state index contributed by atoms with van der Waals surface area (Å²) in [7, 11) is -4.04. The van der Waals surface area contributed by atoms with E-state index < -0.39 is 16.0 Å². The Morgan fingerprint density at radius 3 is 2.50 bits per heavy atom. The second kappa shape index (κ2) is 8.22. The van der Waals surface area contributed by atoms with Crippen molar-refractivity contribution in [3.8, 4) is 5.69 Å². The molecule has 146 valence electrons. The number of esters is 1. The predicted octanol–water partition coefficient (Wildman–Crippen LogP) is 4.16. The van der Waals surface area contributed by atoms with Crippen molar-refractivity contribution in [3.63, 3.8) is 0 Å². The van der Waals surface area contributed by atoms with Crippen LogP contribution in [0.4, 0.5) is 5.82 Å². The van der Waals surface area contributed by atoms with E-state index in [2.05, 4.69) is 9.82 Å². The van der Waals surface area contributed by atoms with Crippen LogP contribution in [0.3, 0.4) is 0 Å². The van der Waals surface area contributed by atoms with E-state index in [4.69, 9.17) is 27.9 Å². The molecule has 10 heteroatoms. The molecule has 1 aromatic heterocycles. The van der Waals surface area contributed by atoms with Crippen LogP contribution >= 0.6 is 23.2 Å². The van der Waals surface area contributed by atoms with Crippen LogP contribution in [0.15, 0.2) is 59.6 Å². The van der Waals surface area contributed by atoms with Crippen molar-refractivity contribution in [3.05, 3.63) is 70.3 Å². The quantitative estimate of drug-likeness (QED) is 0.582. The molecule has 0 saturated carbocycles. The molecule has 0 fully saturated rings. The molecule has 0 aliphatic carbocycles. The van der Waals surface area contributed by atoms with Gasteiger partial charge in [0.05, 0.1) is 23.4 Å². The summed E-state index contributed by atoms with van der Waals surface area (Å²) in [6.07, 6.45) is 1.24. The Balaban J connectivity index is 2.10. The van der Waals surface area contributed by atoms with E-state index in [0.717, 1.165) is 0 Å². The zero-order valence-electron chi connectivity index (χ0n) is 14.6. The summed E-state index contributed by atoms with van der Waals surface area (Å²) in [6.45, 7) is 1.78. The lowest BCUT2D eigenvalue weighted by Crippen LogP contribution is -2.18. The highest BCUT2D eigenvalue weighted by Crippen LogP contribution is 2.26. The minimum atomic E-state index is -4.04. The van der Waals surface area contributed by atoms with Crippen LogP contribution in [0.5, 0.6) is 0 Å². The van der Waals surface area contributed by atoms with E-state index in [1.807, 2.05) is 0 Å². The molecule has 2 aromatic carbocycles. The third kappa shape index (κ3) is 4.30. The molecule has 0 atom stereocenters. The van der Waals surface area contributed by atoms with Gasteiger partial charge in [0.1, 0.15) is 5.56 Å². The lowest BCUT2D eigenvalue weighted by atomic mass is 10.3. The second-order valence-electron chi connectivity index (χ2n) is 5.58. The average Bonchev–Trinajstić information content (AvgIpc) is 3.05. The smallest absolute Gasteiger partial charge is 0.343 e. The fourth-order valence-electron chi connectivity index (χ4n) is 2.40. The average molecular weight is 440 g/mol. The monoisotopic (exact) mass is 439 g/mol. The van der Waals surface area contributed by atoms with Gasteiger partial charge < -0.3 is 4.74 Å². The van der Waals surface area contributed by atoms with Gasteiger partial charge in [-0.2, -0.15) is 5.10 Å². The molecule has 0 unspecified atom stereocenters. The first-order valence-corrected chi connectivity index (χ1v) is 10.3. The summed E-state index contributed by atoms with van der Waals surface area (Å²) in [5, 5.41) is 4.90. The Hall–Kier alpha value is -2.55. The van der Waals surface area contributed by atoms with Crippen molar-refractivity contribution in [1.82, 2.24) is 9.78 Å². The van der Waals surface area contributed by atoms with Crippen molar-refractivity contribution in [2.45, 2.75) is 11.8 Å². The van der Waals surface area contributed by atoms with Crippen LogP contribution in [-0.2, 0) is 14.8 Å². The summed E-state index contributed by atoms with van der Waals surface area (Å²) >= 11 is 11.8. The maximum atomic E-state index is 12.8. The molecule has 0 amide bonds. The Morgan fingerprint density at radius 1 is 1.14 bits per heavy atom. The van der Waals surface area contributed by atoms with Crippen LogP contribution in [-0.4, -0.2) is 30.8 Å². The van der Waals surface area contributed by atoms with Crippen LogP contribution < -0.4 is 4.72 Å². The normalized spacial score (nSPS) is 11.2. The zero-order chi connectivity index (χ0) is 20.3. The Morgan fingerprint density at radius 2 is 1.86 bits per heavy atom. The SMILES string of the molecule is CCOC(=O)c1cnn(-c2ccc(Cl)cc2)c1NS(=O)(=O)c1cccc(Cl)c1. The summed E-state index contributed by atoms with van der Waals surface area (Å²) in [6, 6.07) is 12.3. The number of nitrogens with one attached hydrogen (secondary N) is 1. The summed E-state index contributed by atoms with van der Waals surface area (Å²) in [5.41, 5.74) is 0.478. The van der Waals surface area contributed by atoms with E-state index >= 15 is 0 Å². The largest absolute Gasteiger partial charge is 0.462 e. The van der Waals surface area contributed by atoms with Crippen molar-refractivity contribution >= 4 is 45.0 Å². The molecule has 0 spiro atoms. The van der Waals surface area contributed by atoms with E-state index in [-0.39, 0.29) is 27.9 Å². The van der Waals surface area contributed by atoms with Gasteiger partial charge in [-0.1, -0.05) is 29.3 Å². The number of anilines is 1. The molecule has 0 radical (unpaired) electrons. The summed E-state index contributed by atoms with van der Waals surface area (Å²) in [4.78, 5) is 12.2. The topological polar surface area (TPSA) is 90.3 Å². The second-order valence-corrected chi connectivity index (χ2v) is 8.13. The van der Waals surface area contributed by atoms with Crippen LogP contribution in [0.25, 0.3) is 5.69 Å².